The number of hydrogen-bond donors (Lipinski definition) is 2. The minimum Gasteiger partial charge on any atom is -0.484 e. The lowest BCUT2D eigenvalue weighted by Gasteiger charge is -2.32. The third kappa shape index (κ3) is 5.26. The van der Waals surface area contributed by atoms with Crippen LogP contribution < -0.4 is 10.1 Å². The topological polar surface area (TPSA) is 58.6 Å². The molecule has 1 fully saturated rings. The van der Waals surface area contributed by atoms with E-state index in [-0.39, 0.29) is 24.5 Å². The molecule has 0 saturated carbocycles. The van der Waals surface area contributed by atoms with Gasteiger partial charge in [0.15, 0.2) is 6.61 Å². The summed E-state index contributed by atoms with van der Waals surface area (Å²) in [7, 11) is 0. The summed E-state index contributed by atoms with van der Waals surface area (Å²) in [5.41, 5.74) is 1.77. The number of thiol groups is 1. The lowest BCUT2D eigenvalue weighted by Crippen LogP contribution is -2.47. The maximum absolute atomic E-state index is 12.6. The van der Waals surface area contributed by atoms with Crippen molar-refractivity contribution in [2.45, 2.75) is 30.7 Å². The summed E-state index contributed by atoms with van der Waals surface area (Å²) in [4.78, 5) is 27.2. The maximum Gasteiger partial charge on any atom is 0.258 e. The van der Waals surface area contributed by atoms with Gasteiger partial charge in [0, 0.05) is 24.0 Å². The molecule has 1 aliphatic heterocycles. The largest absolute Gasteiger partial charge is 0.484 e. The number of rotatable bonds is 5. The lowest BCUT2D eigenvalue weighted by molar-refractivity contribution is -0.124. The van der Waals surface area contributed by atoms with E-state index in [0.29, 0.717) is 29.3 Å². The van der Waals surface area contributed by atoms with Crippen LogP contribution in [0.2, 0.25) is 0 Å². The molecule has 2 amide bonds. The van der Waals surface area contributed by atoms with E-state index in [1.165, 1.54) is 0 Å². The quantitative estimate of drug-likeness (QED) is 0.779. The van der Waals surface area contributed by atoms with Crippen molar-refractivity contribution in [3.05, 3.63) is 59.7 Å². The number of piperidine rings is 1. The first-order valence-corrected chi connectivity index (χ1v) is 9.54. The van der Waals surface area contributed by atoms with Crippen molar-refractivity contribution in [1.29, 1.82) is 0 Å². The Morgan fingerprint density at radius 1 is 1.11 bits per heavy atom. The van der Waals surface area contributed by atoms with Gasteiger partial charge < -0.3 is 15.0 Å². The standard InChI is InChI=1S/C21H24N2O3S/c1-15-6-8-17(9-7-15)26-14-20(24)22-16-10-12-23(13-11-16)21(25)18-4-2-3-5-19(18)27/h2-9,16,27H,10-14H2,1H3,(H,22,24). The summed E-state index contributed by atoms with van der Waals surface area (Å²) in [6.07, 6.45) is 1.47. The minimum absolute atomic E-state index is 0.00473. The molecule has 2 aromatic carbocycles. The third-order valence-corrected chi connectivity index (χ3v) is 5.06. The molecule has 0 unspecified atom stereocenters. The molecule has 6 heteroatoms. The third-order valence-electron chi connectivity index (χ3n) is 4.67. The van der Waals surface area contributed by atoms with Crippen molar-refractivity contribution >= 4 is 24.4 Å². The van der Waals surface area contributed by atoms with Crippen molar-refractivity contribution in [3.63, 3.8) is 0 Å². The van der Waals surface area contributed by atoms with Crippen molar-refractivity contribution in [2.75, 3.05) is 19.7 Å². The number of aryl methyl sites for hydroxylation is 1. The van der Waals surface area contributed by atoms with Gasteiger partial charge >= 0.3 is 0 Å². The van der Waals surface area contributed by atoms with Gasteiger partial charge in [-0.05, 0) is 44.0 Å². The summed E-state index contributed by atoms with van der Waals surface area (Å²) in [6, 6.07) is 15.0. The van der Waals surface area contributed by atoms with E-state index in [2.05, 4.69) is 17.9 Å². The molecule has 0 aromatic heterocycles. The molecule has 1 saturated heterocycles. The number of amides is 2. The van der Waals surface area contributed by atoms with Crippen molar-refractivity contribution in [3.8, 4) is 5.75 Å². The number of carbonyl (C=O) groups is 2. The van der Waals surface area contributed by atoms with E-state index in [1.54, 1.807) is 6.07 Å². The first-order chi connectivity index (χ1) is 13.0. The highest BCUT2D eigenvalue weighted by molar-refractivity contribution is 7.80. The Kier molecular flexibility index (Phi) is 6.40. The molecule has 2 aromatic rings. The fraction of sp³-hybridized carbons (Fsp3) is 0.333. The zero-order chi connectivity index (χ0) is 19.2. The van der Waals surface area contributed by atoms with Gasteiger partial charge in [-0.1, -0.05) is 29.8 Å². The minimum atomic E-state index is -0.138. The van der Waals surface area contributed by atoms with Gasteiger partial charge in [-0.25, -0.2) is 0 Å². The molecule has 0 spiro atoms. The normalized spacial score (nSPS) is 14.7. The van der Waals surface area contributed by atoms with Crippen LogP contribution in [0.3, 0.4) is 0 Å². The fourth-order valence-corrected chi connectivity index (χ4v) is 3.36. The van der Waals surface area contributed by atoms with Crippen molar-refractivity contribution in [1.82, 2.24) is 10.2 Å². The molecule has 1 aliphatic rings. The number of nitrogens with zero attached hydrogens (tertiary/aromatic N) is 1. The second-order valence-electron chi connectivity index (χ2n) is 6.75. The average molecular weight is 385 g/mol. The zero-order valence-corrected chi connectivity index (χ0v) is 16.2. The van der Waals surface area contributed by atoms with Crippen molar-refractivity contribution in [2.24, 2.45) is 0 Å². The van der Waals surface area contributed by atoms with Gasteiger partial charge in [0.25, 0.3) is 11.8 Å². The summed E-state index contributed by atoms with van der Waals surface area (Å²) in [5.74, 6) is 0.538. The Balaban J connectivity index is 1.43. The second kappa shape index (κ2) is 8.95. The predicted molar refractivity (Wildman–Crippen MR) is 107 cm³/mol. The van der Waals surface area contributed by atoms with Crippen LogP contribution in [0.25, 0.3) is 0 Å². The van der Waals surface area contributed by atoms with Gasteiger partial charge in [0.05, 0.1) is 5.56 Å². The fourth-order valence-electron chi connectivity index (χ4n) is 3.10. The molecule has 0 atom stereocenters. The molecule has 3 rings (SSSR count). The molecule has 142 valence electrons. The Morgan fingerprint density at radius 3 is 2.44 bits per heavy atom. The van der Waals surface area contributed by atoms with Gasteiger partial charge in [-0.2, -0.15) is 0 Å². The van der Waals surface area contributed by atoms with Crippen LogP contribution >= 0.6 is 12.6 Å². The summed E-state index contributed by atoms with van der Waals surface area (Å²) >= 11 is 4.36. The molecule has 0 aliphatic carbocycles. The average Bonchev–Trinajstić information content (AvgIpc) is 2.68. The second-order valence-corrected chi connectivity index (χ2v) is 7.23. The number of ether oxygens (including phenoxy) is 1. The van der Waals surface area contributed by atoms with Crippen LogP contribution in [-0.2, 0) is 4.79 Å². The van der Waals surface area contributed by atoms with Crippen LogP contribution in [0.5, 0.6) is 5.75 Å². The number of carbonyl (C=O) groups excluding carboxylic acids is 2. The van der Waals surface area contributed by atoms with Crippen LogP contribution in [-0.4, -0.2) is 42.5 Å². The molecule has 0 bridgehead atoms. The molecule has 27 heavy (non-hydrogen) atoms. The van der Waals surface area contributed by atoms with E-state index >= 15 is 0 Å². The SMILES string of the molecule is Cc1ccc(OCC(=O)NC2CCN(C(=O)c3ccccc3S)CC2)cc1. The molecule has 1 heterocycles. The Hall–Kier alpha value is -2.47. The van der Waals surface area contributed by atoms with Gasteiger partial charge in [-0.3, -0.25) is 9.59 Å². The Morgan fingerprint density at radius 2 is 1.78 bits per heavy atom. The molecular formula is C21H24N2O3S. The first-order valence-electron chi connectivity index (χ1n) is 9.09. The molecule has 0 radical (unpaired) electrons. The molecular weight excluding hydrogens is 360 g/mol. The molecule has 5 nitrogen and oxygen atoms in total. The highest BCUT2D eigenvalue weighted by Crippen LogP contribution is 2.19. The van der Waals surface area contributed by atoms with Crippen LogP contribution in [0, 0.1) is 6.92 Å². The summed E-state index contributed by atoms with van der Waals surface area (Å²) < 4.78 is 5.51. The Bertz CT molecular complexity index is 799. The lowest BCUT2D eigenvalue weighted by atomic mass is 10.0. The highest BCUT2D eigenvalue weighted by atomic mass is 32.1. The highest BCUT2D eigenvalue weighted by Gasteiger charge is 2.25. The van der Waals surface area contributed by atoms with Crippen LogP contribution in [0.15, 0.2) is 53.4 Å². The summed E-state index contributed by atoms with van der Waals surface area (Å²) in [5, 5.41) is 2.99. The van der Waals surface area contributed by atoms with E-state index < -0.39 is 0 Å². The van der Waals surface area contributed by atoms with Crippen LogP contribution in [0.1, 0.15) is 28.8 Å². The number of likely N-dealkylation sites (tertiary alicyclic amines) is 1. The Labute approximate surface area is 165 Å². The van der Waals surface area contributed by atoms with E-state index in [4.69, 9.17) is 4.74 Å². The molecule has 1 N–H and O–H groups in total. The smallest absolute Gasteiger partial charge is 0.258 e. The maximum atomic E-state index is 12.6. The monoisotopic (exact) mass is 384 g/mol. The predicted octanol–water partition coefficient (Wildman–Crippen LogP) is 3.08. The number of benzene rings is 2. The van der Waals surface area contributed by atoms with E-state index in [1.807, 2.05) is 54.3 Å². The van der Waals surface area contributed by atoms with E-state index in [0.717, 1.165) is 18.4 Å². The van der Waals surface area contributed by atoms with Crippen molar-refractivity contribution < 1.29 is 14.3 Å². The van der Waals surface area contributed by atoms with Gasteiger partial charge in [-0.15, -0.1) is 12.6 Å². The van der Waals surface area contributed by atoms with Gasteiger partial charge in [0.2, 0.25) is 0 Å². The van der Waals surface area contributed by atoms with E-state index in [9.17, 15) is 9.59 Å². The zero-order valence-electron chi connectivity index (χ0n) is 15.4. The van der Waals surface area contributed by atoms with Crippen LogP contribution in [0.4, 0.5) is 0 Å². The summed E-state index contributed by atoms with van der Waals surface area (Å²) in [6.45, 7) is 3.23. The first kappa shape index (κ1) is 19.3. The van der Waals surface area contributed by atoms with Gasteiger partial charge in [0.1, 0.15) is 5.75 Å². The number of nitrogens with one attached hydrogen (secondary N) is 1. The number of hydrogen-bond acceptors (Lipinski definition) is 4.